The number of hydrogen-bond donors (Lipinski definition) is 0. The first kappa shape index (κ1) is 15.8. The van der Waals surface area contributed by atoms with Gasteiger partial charge in [0.2, 0.25) is 0 Å². The molecule has 2 aromatic carbocycles. The lowest BCUT2D eigenvalue weighted by Gasteiger charge is -2.06. The van der Waals surface area contributed by atoms with Crippen LogP contribution in [-0.4, -0.2) is 14.8 Å². The van der Waals surface area contributed by atoms with Crippen molar-refractivity contribution >= 4 is 43.6 Å². The number of halogens is 2. The summed E-state index contributed by atoms with van der Waals surface area (Å²) in [6.45, 7) is 0.732. The molecule has 0 atom stereocenters. The molecule has 6 heteroatoms. The molecule has 0 amide bonds. The summed E-state index contributed by atoms with van der Waals surface area (Å²) in [6.07, 6.45) is 1.61. The number of aromatic nitrogens is 3. The van der Waals surface area contributed by atoms with Crippen molar-refractivity contribution < 1.29 is 0 Å². The quantitative estimate of drug-likeness (QED) is 0.516. The minimum Gasteiger partial charge on any atom is -0.236 e. The number of hydrogen-bond acceptors (Lipinski definition) is 3. The van der Waals surface area contributed by atoms with Crippen LogP contribution in [0.2, 0.25) is 0 Å². The summed E-state index contributed by atoms with van der Waals surface area (Å²) < 4.78 is 4.12. The molecule has 0 N–H and O–H groups in total. The highest BCUT2D eigenvalue weighted by Gasteiger charge is 2.06. The Morgan fingerprint density at radius 3 is 2.09 bits per heavy atom. The molecule has 3 rings (SSSR count). The van der Waals surface area contributed by atoms with Crippen LogP contribution in [0.1, 0.15) is 11.1 Å². The van der Waals surface area contributed by atoms with Gasteiger partial charge in [0, 0.05) is 14.7 Å². The number of thioether (sulfide) groups is 1. The minimum atomic E-state index is 0.732. The average Bonchev–Trinajstić information content (AvgIpc) is 2.96. The zero-order chi connectivity index (χ0) is 15.4. The predicted octanol–water partition coefficient (Wildman–Crippen LogP) is 5.14. The summed E-state index contributed by atoms with van der Waals surface area (Å²) in [5, 5.41) is 5.26. The largest absolute Gasteiger partial charge is 0.236 e. The second kappa shape index (κ2) is 7.44. The van der Waals surface area contributed by atoms with Crippen molar-refractivity contribution in [2.75, 3.05) is 0 Å². The normalized spacial score (nSPS) is 10.8. The molecule has 0 radical (unpaired) electrons. The molecule has 3 nitrogen and oxygen atoms in total. The molecular weight excluding hydrogens is 426 g/mol. The summed E-state index contributed by atoms with van der Waals surface area (Å²) in [6, 6.07) is 16.6. The highest BCUT2D eigenvalue weighted by Crippen LogP contribution is 2.22. The molecule has 0 aliphatic heterocycles. The van der Waals surface area contributed by atoms with Crippen LogP contribution in [0.5, 0.6) is 0 Å². The Morgan fingerprint density at radius 2 is 1.45 bits per heavy atom. The molecule has 0 aliphatic carbocycles. The molecule has 0 saturated carbocycles. The third-order valence-corrected chi connectivity index (χ3v) is 5.22. The van der Waals surface area contributed by atoms with Crippen LogP contribution in [0.15, 0.2) is 69.0 Å². The maximum absolute atomic E-state index is 4.36. The van der Waals surface area contributed by atoms with E-state index in [0.29, 0.717) is 0 Å². The van der Waals surface area contributed by atoms with E-state index in [4.69, 9.17) is 0 Å². The maximum Gasteiger partial charge on any atom is 0.186 e. The second-order valence-corrected chi connectivity index (χ2v) is 7.52. The molecule has 0 bridgehead atoms. The Labute approximate surface area is 150 Å². The molecule has 1 aromatic heterocycles. The fourth-order valence-electron chi connectivity index (χ4n) is 1.97. The van der Waals surface area contributed by atoms with Crippen LogP contribution in [0.3, 0.4) is 0 Å². The van der Waals surface area contributed by atoms with E-state index in [-0.39, 0.29) is 0 Å². The highest BCUT2D eigenvalue weighted by molar-refractivity contribution is 9.10. The Balaban J connectivity index is 1.66. The third kappa shape index (κ3) is 4.21. The lowest BCUT2D eigenvalue weighted by Crippen LogP contribution is -2.03. The van der Waals surface area contributed by atoms with E-state index in [2.05, 4.69) is 78.3 Å². The van der Waals surface area contributed by atoms with Gasteiger partial charge in [0.1, 0.15) is 6.33 Å². The van der Waals surface area contributed by atoms with E-state index in [9.17, 15) is 0 Å². The highest BCUT2D eigenvalue weighted by atomic mass is 79.9. The first-order chi connectivity index (χ1) is 10.7. The van der Waals surface area contributed by atoms with Crippen molar-refractivity contribution in [2.24, 2.45) is 0 Å². The lowest BCUT2D eigenvalue weighted by molar-refractivity contribution is 0.618. The smallest absolute Gasteiger partial charge is 0.186 e. The van der Waals surface area contributed by atoms with Crippen molar-refractivity contribution in [1.29, 1.82) is 0 Å². The van der Waals surface area contributed by atoms with Gasteiger partial charge in [0.05, 0.1) is 6.54 Å². The van der Waals surface area contributed by atoms with Crippen LogP contribution in [-0.2, 0) is 12.3 Å². The Kier molecular flexibility index (Phi) is 5.33. The topological polar surface area (TPSA) is 30.7 Å². The molecule has 0 aliphatic rings. The van der Waals surface area contributed by atoms with Crippen LogP contribution in [0, 0.1) is 0 Å². The van der Waals surface area contributed by atoms with Crippen molar-refractivity contribution in [3.05, 3.63) is 74.9 Å². The second-order valence-electron chi connectivity index (χ2n) is 4.74. The van der Waals surface area contributed by atoms with Gasteiger partial charge in [-0.2, -0.15) is 5.10 Å². The van der Waals surface area contributed by atoms with Gasteiger partial charge in [0.15, 0.2) is 5.16 Å². The van der Waals surface area contributed by atoms with Crippen molar-refractivity contribution in [3.63, 3.8) is 0 Å². The van der Waals surface area contributed by atoms with Gasteiger partial charge in [0.25, 0.3) is 0 Å². The van der Waals surface area contributed by atoms with Crippen molar-refractivity contribution in [1.82, 2.24) is 14.8 Å². The molecular formula is C16H13Br2N3S. The van der Waals surface area contributed by atoms with E-state index in [1.54, 1.807) is 18.1 Å². The van der Waals surface area contributed by atoms with Gasteiger partial charge in [-0.1, -0.05) is 67.9 Å². The monoisotopic (exact) mass is 437 g/mol. The molecule has 0 fully saturated rings. The number of nitrogens with zero attached hydrogens (tertiary/aromatic N) is 3. The molecule has 0 spiro atoms. The van der Waals surface area contributed by atoms with E-state index in [1.807, 2.05) is 16.8 Å². The summed E-state index contributed by atoms with van der Waals surface area (Å²) in [5.74, 6) is 0.881. The van der Waals surface area contributed by atoms with Gasteiger partial charge in [-0.05, 0) is 35.4 Å². The fraction of sp³-hybridized carbons (Fsp3) is 0.125. The maximum atomic E-state index is 4.36. The molecule has 0 saturated heterocycles. The standard InChI is InChI=1S/C16H13Br2N3S/c17-14-5-1-12(2-6-14)9-21-16(19-11-20-21)22-10-13-3-7-15(18)8-4-13/h1-8,11H,9-10H2. The molecule has 1 heterocycles. The lowest BCUT2D eigenvalue weighted by atomic mass is 10.2. The average molecular weight is 439 g/mol. The van der Waals surface area contributed by atoms with Gasteiger partial charge >= 0.3 is 0 Å². The van der Waals surface area contributed by atoms with Crippen LogP contribution in [0.4, 0.5) is 0 Å². The zero-order valence-corrected chi connectivity index (χ0v) is 15.6. The van der Waals surface area contributed by atoms with E-state index in [1.165, 1.54) is 11.1 Å². The summed E-state index contributed by atoms with van der Waals surface area (Å²) >= 11 is 8.60. The van der Waals surface area contributed by atoms with Crippen molar-refractivity contribution in [2.45, 2.75) is 17.5 Å². The molecule has 0 unspecified atom stereocenters. The van der Waals surface area contributed by atoms with E-state index in [0.717, 1.165) is 26.4 Å². The van der Waals surface area contributed by atoms with E-state index >= 15 is 0 Å². The first-order valence-electron chi connectivity index (χ1n) is 6.70. The predicted molar refractivity (Wildman–Crippen MR) is 97.0 cm³/mol. The SMILES string of the molecule is Brc1ccc(CSc2ncnn2Cc2ccc(Br)cc2)cc1. The van der Waals surface area contributed by atoms with Gasteiger partial charge in [-0.3, -0.25) is 0 Å². The van der Waals surface area contributed by atoms with Crippen LogP contribution in [0.25, 0.3) is 0 Å². The third-order valence-electron chi connectivity index (χ3n) is 3.11. The minimum absolute atomic E-state index is 0.732. The van der Waals surface area contributed by atoms with E-state index < -0.39 is 0 Å². The summed E-state index contributed by atoms with van der Waals surface area (Å²) in [7, 11) is 0. The molecule has 3 aromatic rings. The Hall–Kier alpha value is -1.11. The summed E-state index contributed by atoms with van der Waals surface area (Å²) in [5.41, 5.74) is 2.48. The Morgan fingerprint density at radius 1 is 0.864 bits per heavy atom. The molecule has 112 valence electrons. The molecule has 22 heavy (non-hydrogen) atoms. The summed E-state index contributed by atoms with van der Waals surface area (Å²) in [4.78, 5) is 4.36. The van der Waals surface area contributed by atoms with Gasteiger partial charge < -0.3 is 0 Å². The van der Waals surface area contributed by atoms with Gasteiger partial charge in [-0.25, -0.2) is 9.67 Å². The fourth-order valence-corrected chi connectivity index (χ4v) is 3.36. The van der Waals surface area contributed by atoms with Crippen LogP contribution < -0.4 is 0 Å². The Bertz CT molecular complexity index is 739. The first-order valence-corrected chi connectivity index (χ1v) is 9.27. The number of benzene rings is 2. The van der Waals surface area contributed by atoms with Gasteiger partial charge in [-0.15, -0.1) is 0 Å². The van der Waals surface area contributed by atoms with Crippen LogP contribution >= 0.6 is 43.6 Å². The number of rotatable bonds is 5. The zero-order valence-electron chi connectivity index (χ0n) is 11.6. The van der Waals surface area contributed by atoms with Crippen molar-refractivity contribution in [3.8, 4) is 0 Å².